The molecule has 1 rings (SSSR count). The first-order valence-corrected chi connectivity index (χ1v) is 3.90. The second-order valence-electron chi connectivity index (χ2n) is 2.54. The Bertz CT molecular complexity index is 415. The van der Waals surface area contributed by atoms with Crippen molar-refractivity contribution in [3.8, 4) is 17.6 Å². The number of benzene rings is 1. The fourth-order valence-corrected chi connectivity index (χ4v) is 0.915. The normalized spacial score (nSPS) is 8.93. The van der Waals surface area contributed by atoms with Crippen LogP contribution in [0.1, 0.15) is 15.9 Å². The summed E-state index contributed by atoms with van der Waals surface area (Å²) in [5.41, 5.74) is 5.51. The molecule has 14 heavy (non-hydrogen) atoms. The van der Waals surface area contributed by atoms with Gasteiger partial charge < -0.3 is 15.9 Å². The lowest BCUT2D eigenvalue weighted by Gasteiger charge is -1.98. The van der Waals surface area contributed by atoms with Crippen molar-refractivity contribution in [2.45, 2.75) is 0 Å². The van der Waals surface area contributed by atoms with Crippen molar-refractivity contribution in [3.05, 3.63) is 29.3 Å². The van der Waals surface area contributed by atoms with E-state index in [0.29, 0.717) is 0 Å². The van der Waals surface area contributed by atoms with Crippen LogP contribution in [0.25, 0.3) is 0 Å². The zero-order valence-corrected chi connectivity index (χ0v) is 7.32. The predicted octanol–water partition coefficient (Wildman–Crippen LogP) is 0.401. The molecule has 0 heterocycles. The zero-order chi connectivity index (χ0) is 10.6. The standard InChI is InChI=1S/C10H9NO3/c11-5-1-2-7-6-8(10(13)14)3-4-9(7)12/h3-4,6,12H,5,11H2,(H,13,14). The maximum atomic E-state index is 10.6. The lowest BCUT2D eigenvalue weighted by atomic mass is 10.1. The van der Waals surface area contributed by atoms with Crippen molar-refractivity contribution in [1.82, 2.24) is 0 Å². The highest BCUT2D eigenvalue weighted by atomic mass is 16.4. The number of aromatic carboxylic acids is 1. The topological polar surface area (TPSA) is 83.6 Å². The van der Waals surface area contributed by atoms with Crippen molar-refractivity contribution in [2.24, 2.45) is 5.73 Å². The second-order valence-corrected chi connectivity index (χ2v) is 2.54. The molecule has 0 amide bonds. The first-order valence-electron chi connectivity index (χ1n) is 3.90. The molecule has 0 radical (unpaired) electrons. The first-order chi connectivity index (χ1) is 6.65. The van der Waals surface area contributed by atoms with Gasteiger partial charge in [0.15, 0.2) is 0 Å². The smallest absolute Gasteiger partial charge is 0.335 e. The highest BCUT2D eigenvalue weighted by Crippen LogP contribution is 2.17. The fourth-order valence-electron chi connectivity index (χ4n) is 0.915. The number of phenolic OH excluding ortho intramolecular Hbond substituents is 1. The number of rotatable bonds is 1. The maximum Gasteiger partial charge on any atom is 0.335 e. The highest BCUT2D eigenvalue weighted by molar-refractivity contribution is 5.88. The van der Waals surface area contributed by atoms with Crippen LogP contribution in [-0.4, -0.2) is 22.7 Å². The fraction of sp³-hybridized carbons (Fsp3) is 0.100. The summed E-state index contributed by atoms with van der Waals surface area (Å²) in [6, 6.07) is 3.91. The summed E-state index contributed by atoms with van der Waals surface area (Å²) in [7, 11) is 0. The summed E-state index contributed by atoms with van der Waals surface area (Å²) >= 11 is 0. The molecule has 1 aromatic rings. The van der Waals surface area contributed by atoms with E-state index in [2.05, 4.69) is 11.8 Å². The van der Waals surface area contributed by atoms with Gasteiger partial charge in [0.2, 0.25) is 0 Å². The molecule has 0 aromatic heterocycles. The molecule has 0 saturated heterocycles. The molecule has 1 aromatic carbocycles. The van der Waals surface area contributed by atoms with E-state index >= 15 is 0 Å². The van der Waals surface area contributed by atoms with Crippen molar-refractivity contribution in [1.29, 1.82) is 0 Å². The SMILES string of the molecule is NCC#Cc1cc(C(=O)O)ccc1O. The molecule has 0 bridgehead atoms. The van der Waals surface area contributed by atoms with Crippen molar-refractivity contribution in [3.63, 3.8) is 0 Å². The molecule has 4 nitrogen and oxygen atoms in total. The van der Waals surface area contributed by atoms with Crippen molar-refractivity contribution < 1.29 is 15.0 Å². The molecule has 0 aliphatic rings. The van der Waals surface area contributed by atoms with Crippen molar-refractivity contribution in [2.75, 3.05) is 6.54 Å². The van der Waals surface area contributed by atoms with E-state index < -0.39 is 5.97 Å². The molecule has 0 aliphatic carbocycles. The van der Waals surface area contributed by atoms with Crippen LogP contribution in [0.2, 0.25) is 0 Å². The van der Waals surface area contributed by atoms with Crippen LogP contribution in [-0.2, 0) is 0 Å². The van der Waals surface area contributed by atoms with Gasteiger partial charge >= 0.3 is 5.97 Å². The largest absolute Gasteiger partial charge is 0.507 e. The van der Waals surface area contributed by atoms with E-state index in [4.69, 9.17) is 10.8 Å². The Hall–Kier alpha value is -1.99. The number of carboxylic acids is 1. The molecule has 0 unspecified atom stereocenters. The Balaban J connectivity index is 3.14. The minimum Gasteiger partial charge on any atom is -0.507 e. The molecular formula is C10H9NO3. The third kappa shape index (κ3) is 2.25. The first kappa shape index (κ1) is 10.1. The second kappa shape index (κ2) is 4.30. The van der Waals surface area contributed by atoms with Crippen LogP contribution in [0.3, 0.4) is 0 Å². The summed E-state index contributed by atoms with van der Waals surface area (Å²) in [6.45, 7) is 0.163. The van der Waals surface area contributed by atoms with E-state index in [1.807, 2.05) is 0 Å². The van der Waals surface area contributed by atoms with Gasteiger partial charge in [0.05, 0.1) is 17.7 Å². The summed E-state index contributed by atoms with van der Waals surface area (Å²) < 4.78 is 0. The Labute approximate surface area is 81.0 Å². The number of hydrogen-bond acceptors (Lipinski definition) is 3. The van der Waals surface area contributed by atoms with E-state index in [1.165, 1.54) is 18.2 Å². The number of phenols is 1. The molecular weight excluding hydrogens is 182 g/mol. The minimum atomic E-state index is -1.05. The Morgan fingerprint density at radius 3 is 2.79 bits per heavy atom. The van der Waals surface area contributed by atoms with Gasteiger partial charge in [0.1, 0.15) is 5.75 Å². The summed E-state index contributed by atoms with van der Waals surface area (Å²) in [5.74, 6) is 4.02. The number of nitrogens with two attached hydrogens (primary N) is 1. The number of hydrogen-bond donors (Lipinski definition) is 3. The van der Waals surface area contributed by atoms with E-state index in [0.717, 1.165) is 0 Å². The van der Waals surface area contributed by atoms with Gasteiger partial charge in [0, 0.05) is 0 Å². The van der Waals surface area contributed by atoms with Crippen LogP contribution in [0.4, 0.5) is 0 Å². The van der Waals surface area contributed by atoms with Gasteiger partial charge in [-0.3, -0.25) is 0 Å². The summed E-state index contributed by atoms with van der Waals surface area (Å²) in [5, 5.41) is 18.0. The van der Waals surface area contributed by atoms with Gasteiger partial charge in [-0.15, -0.1) is 0 Å². The molecule has 0 atom stereocenters. The molecule has 0 fully saturated rings. The van der Waals surface area contributed by atoms with Crippen LogP contribution in [0, 0.1) is 11.8 Å². The number of carboxylic acid groups (broad SMARTS) is 1. The van der Waals surface area contributed by atoms with E-state index in [1.54, 1.807) is 0 Å². The lowest BCUT2D eigenvalue weighted by molar-refractivity contribution is 0.0697. The monoisotopic (exact) mass is 191 g/mol. The number of aromatic hydroxyl groups is 1. The van der Waals surface area contributed by atoms with Gasteiger partial charge in [-0.2, -0.15) is 0 Å². The molecule has 0 saturated carbocycles. The van der Waals surface area contributed by atoms with Crippen LogP contribution < -0.4 is 5.73 Å². The Morgan fingerprint density at radius 2 is 2.21 bits per heavy atom. The average molecular weight is 191 g/mol. The van der Waals surface area contributed by atoms with Crippen LogP contribution in [0.5, 0.6) is 5.75 Å². The molecule has 0 aliphatic heterocycles. The quantitative estimate of drug-likeness (QED) is 0.561. The maximum absolute atomic E-state index is 10.6. The zero-order valence-electron chi connectivity index (χ0n) is 7.32. The lowest BCUT2D eigenvalue weighted by Crippen LogP contribution is -1.97. The Kier molecular flexibility index (Phi) is 3.10. The molecule has 4 N–H and O–H groups in total. The van der Waals surface area contributed by atoms with Crippen LogP contribution in [0.15, 0.2) is 18.2 Å². The predicted molar refractivity (Wildman–Crippen MR) is 51.0 cm³/mol. The Morgan fingerprint density at radius 1 is 1.50 bits per heavy atom. The third-order valence-electron chi connectivity index (χ3n) is 1.57. The minimum absolute atomic E-state index is 0.0454. The average Bonchev–Trinajstić information content (AvgIpc) is 2.16. The van der Waals surface area contributed by atoms with Gasteiger partial charge in [-0.1, -0.05) is 11.8 Å². The van der Waals surface area contributed by atoms with Gasteiger partial charge in [0.25, 0.3) is 0 Å². The highest BCUT2D eigenvalue weighted by Gasteiger charge is 2.05. The summed E-state index contributed by atoms with van der Waals surface area (Å²) in [6.07, 6.45) is 0. The van der Waals surface area contributed by atoms with Gasteiger partial charge in [-0.05, 0) is 18.2 Å². The summed E-state index contributed by atoms with van der Waals surface area (Å²) in [4.78, 5) is 10.6. The van der Waals surface area contributed by atoms with Gasteiger partial charge in [-0.25, -0.2) is 4.79 Å². The third-order valence-corrected chi connectivity index (χ3v) is 1.57. The molecule has 4 heteroatoms. The van der Waals surface area contributed by atoms with E-state index in [-0.39, 0.29) is 23.4 Å². The van der Waals surface area contributed by atoms with E-state index in [9.17, 15) is 9.90 Å². The number of carbonyl (C=O) groups is 1. The van der Waals surface area contributed by atoms with Crippen molar-refractivity contribution >= 4 is 5.97 Å². The molecule has 0 spiro atoms. The van der Waals surface area contributed by atoms with Crippen LogP contribution >= 0.6 is 0 Å². The molecule has 72 valence electrons.